The molecule has 18 heavy (non-hydrogen) atoms. The van der Waals surface area contributed by atoms with E-state index in [-0.39, 0.29) is 12.3 Å². The van der Waals surface area contributed by atoms with E-state index in [4.69, 9.17) is 33.8 Å². The van der Waals surface area contributed by atoms with Crippen molar-refractivity contribution in [3.63, 3.8) is 0 Å². The number of nitrogens with one attached hydrogen (secondary N) is 1. The van der Waals surface area contributed by atoms with Gasteiger partial charge in [-0.3, -0.25) is 4.79 Å². The molecule has 0 aromatic heterocycles. The summed E-state index contributed by atoms with van der Waals surface area (Å²) in [5, 5.41) is 4.94. The molecular formula is C11H15Cl2N3O2. The van der Waals surface area contributed by atoms with Gasteiger partial charge in [0.15, 0.2) is 0 Å². The number of carbonyl (C=O) groups excluding carboxylic acids is 1. The number of anilines is 2. The zero-order valence-corrected chi connectivity index (χ0v) is 11.7. The van der Waals surface area contributed by atoms with Crippen molar-refractivity contribution in [3.05, 3.63) is 22.2 Å². The number of amides is 1. The Bertz CT molecular complexity index is 417. The second-order valence-electron chi connectivity index (χ2n) is 3.68. The summed E-state index contributed by atoms with van der Waals surface area (Å²) < 4.78 is 0. The Morgan fingerprint density at radius 2 is 2.17 bits per heavy atom. The van der Waals surface area contributed by atoms with Crippen LogP contribution >= 0.6 is 23.2 Å². The summed E-state index contributed by atoms with van der Waals surface area (Å²) in [5.41, 5.74) is 6.45. The predicted octanol–water partition coefficient (Wildman–Crippen LogP) is 2.40. The lowest BCUT2D eigenvalue weighted by Crippen LogP contribution is -2.23. The lowest BCUT2D eigenvalue weighted by atomic mass is 10.2. The van der Waals surface area contributed by atoms with E-state index < -0.39 is 0 Å². The van der Waals surface area contributed by atoms with Gasteiger partial charge in [-0.2, -0.15) is 5.06 Å². The first kappa shape index (κ1) is 15.0. The van der Waals surface area contributed by atoms with Crippen molar-refractivity contribution in [3.8, 4) is 0 Å². The third-order valence-corrected chi connectivity index (χ3v) is 2.83. The van der Waals surface area contributed by atoms with Crippen LogP contribution in [0.25, 0.3) is 0 Å². The first-order valence-electron chi connectivity index (χ1n) is 5.23. The van der Waals surface area contributed by atoms with Crippen molar-refractivity contribution in [2.24, 2.45) is 0 Å². The highest BCUT2D eigenvalue weighted by atomic mass is 35.5. The molecule has 0 bridgehead atoms. The molecule has 7 heteroatoms. The average molecular weight is 292 g/mol. The quantitative estimate of drug-likeness (QED) is 0.646. The third-order valence-electron chi connectivity index (χ3n) is 2.32. The zero-order chi connectivity index (χ0) is 13.7. The van der Waals surface area contributed by atoms with Crippen LogP contribution in [0, 0.1) is 0 Å². The summed E-state index contributed by atoms with van der Waals surface area (Å²) in [6, 6.07) is 3.06. The standard InChI is InChI=1S/C11H15Cl2N3O2/c1-16(18-2)4-3-10(17)15-11-8(13)5-7(12)6-9(11)14/h5-6H,3-4,14H2,1-2H3,(H,15,17). The summed E-state index contributed by atoms with van der Waals surface area (Å²) in [7, 11) is 3.27. The van der Waals surface area contributed by atoms with Crippen LogP contribution < -0.4 is 11.1 Å². The Balaban J connectivity index is 2.65. The Labute approximate surface area is 116 Å². The summed E-state index contributed by atoms with van der Waals surface area (Å²) in [6.07, 6.45) is 0.267. The van der Waals surface area contributed by atoms with Gasteiger partial charge in [-0.1, -0.05) is 23.2 Å². The molecule has 0 radical (unpaired) electrons. The fraction of sp³-hybridized carbons (Fsp3) is 0.364. The van der Waals surface area contributed by atoms with Crippen LogP contribution in [0.2, 0.25) is 10.0 Å². The number of nitrogen functional groups attached to an aromatic ring is 1. The highest BCUT2D eigenvalue weighted by molar-refractivity contribution is 6.37. The molecule has 1 aromatic rings. The highest BCUT2D eigenvalue weighted by Gasteiger charge is 2.11. The van der Waals surface area contributed by atoms with Gasteiger partial charge in [0, 0.05) is 25.0 Å². The molecule has 0 spiro atoms. The van der Waals surface area contributed by atoms with E-state index in [1.807, 2.05) is 0 Å². The molecule has 0 atom stereocenters. The molecule has 100 valence electrons. The van der Waals surface area contributed by atoms with Crippen molar-refractivity contribution in [2.45, 2.75) is 6.42 Å². The number of carbonyl (C=O) groups is 1. The van der Waals surface area contributed by atoms with Gasteiger partial charge in [-0.25, -0.2) is 0 Å². The number of hydrogen-bond acceptors (Lipinski definition) is 4. The van der Waals surface area contributed by atoms with Crippen LogP contribution in [-0.2, 0) is 9.63 Å². The van der Waals surface area contributed by atoms with Crippen molar-refractivity contribution >= 4 is 40.5 Å². The Hall–Kier alpha value is -1.01. The summed E-state index contributed by atoms with van der Waals surface area (Å²) in [5.74, 6) is -0.199. The lowest BCUT2D eigenvalue weighted by Gasteiger charge is -2.14. The SMILES string of the molecule is CON(C)CCC(=O)Nc1c(N)cc(Cl)cc1Cl. The number of benzene rings is 1. The molecule has 5 nitrogen and oxygen atoms in total. The molecule has 0 aliphatic heterocycles. The first-order valence-corrected chi connectivity index (χ1v) is 5.99. The van der Waals surface area contributed by atoms with E-state index in [1.165, 1.54) is 19.2 Å². The largest absolute Gasteiger partial charge is 0.397 e. The van der Waals surface area contributed by atoms with E-state index >= 15 is 0 Å². The second kappa shape index (κ2) is 6.80. The van der Waals surface area contributed by atoms with Crippen LogP contribution in [0.1, 0.15) is 6.42 Å². The molecule has 0 aliphatic rings. The molecule has 0 saturated heterocycles. The second-order valence-corrected chi connectivity index (χ2v) is 4.53. The van der Waals surface area contributed by atoms with Crippen molar-refractivity contribution in [1.29, 1.82) is 0 Å². The third kappa shape index (κ3) is 4.34. The van der Waals surface area contributed by atoms with Crippen LogP contribution in [0.5, 0.6) is 0 Å². The van der Waals surface area contributed by atoms with Gasteiger partial charge < -0.3 is 15.9 Å². The molecule has 1 rings (SSSR count). The predicted molar refractivity (Wildman–Crippen MR) is 73.8 cm³/mol. The van der Waals surface area contributed by atoms with Crippen molar-refractivity contribution in [2.75, 3.05) is 31.8 Å². The monoisotopic (exact) mass is 291 g/mol. The molecular weight excluding hydrogens is 277 g/mol. The van der Waals surface area contributed by atoms with Gasteiger partial charge in [0.1, 0.15) is 0 Å². The van der Waals surface area contributed by atoms with Crippen molar-refractivity contribution in [1.82, 2.24) is 5.06 Å². The molecule has 0 aliphatic carbocycles. The maximum absolute atomic E-state index is 11.7. The Kier molecular flexibility index (Phi) is 5.68. The maximum atomic E-state index is 11.7. The number of nitrogens with two attached hydrogens (primary N) is 1. The van der Waals surface area contributed by atoms with Gasteiger partial charge in [0.2, 0.25) is 5.91 Å². The average Bonchev–Trinajstić information content (AvgIpc) is 2.30. The molecule has 0 saturated carbocycles. The minimum absolute atomic E-state index is 0.199. The van der Waals surface area contributed by atoms with Gasteiger partial charge in [-0.05, 0) is 12.1 Å². The molecule has 3 N–H and O–H groups in total. The topological polar surface area (TPSA) is 67.6 Å². The molecule has 0 heterocycles. The van der Waals surface area contributed by atoms with Crippen LogP contribution in [0.4, 0.5) is 11.4 Å². The molecule has 1 amide bonds. The van der Waals surface area contributed by atoms with Gasteiger partial charge in [0.05, 0.1) is 23.5 Å². The van der Waals surface area contributed by atoms with E-state index in [9.17, 15) is 4.79 Å². The van der Waals surface area contributed by atoms with E-state index in [0.717, 1.165) is 0 Å². The summed E-state index contributed by atoms with van der Waals surface area (Å²) >= 11 is 11.7. The zero-order valence-electron chi connectivity index (χ0n) is 10.2. The maximum Gasteiger partial charge on any atom is 0.225 e. The first-order chi connectivity index (χ1) is 8.43. The van der Waals surface area contributed by atoms with Gasteiger partial charge >= 0.3 is 0 Å². The molecule has 0 fully saturated rings. The number of hydrogen-bond donors (Lipinski definition) is 2. The van der Waals surface area contributed by atoms with Crippen LogP contribution in [-0.4, -0.2) is 31.7 Å². The number of nitrogens with zero attached hydrogens (tertiary/aromatic N) is 1. The molecule has 1 aromatic carbocycles. The van der Waals surface area contributed by atoms with E-state index in [0.29, 0.717) is 28.0 Å². The smallest absolute Gasteiger partial charge is 0.225 e. The fourth-order valence-electron chi connectivity index (χ4n) is 1.28. The minimum atomic E-state index is -0.199. The minimum Gasteiger partial charge on any atom is -0.397 e. The van der Waals surface area contributed by atoms with Gasteiger partial charge in [-0.15, -0.1) is 0 Å². The fourth-order valence-corrected chi connectivity index (χ4v) is 1.83. The normalized spacial score (nSPS) is 10.7. The van der Waals surface area contributed by atoms with Crippen LogP contribution in [0.3, 0.4) is 0 Å². The number of halogens is 2. The summed E-state index contributed by atoms with van der Waals surface area (Å²) in [4.78, 5) is 16.6. The molecule has 0 unspecified atom stereocenters. The summed E-state index contributed by atoms with van der Waals surface area (Å²) in [6.45, 7) is 0.466. The van der Waals surface area contributed by atoms with Crippen LogP contribution in [0.15, 0.2) is 12.1 Å². The highest BCUT2D eigenvalue weighted by Crippen LogP contribution is 2.32. The van der Waals surface area contributed by atoms with Gasteiger partial charge in [0.25, 0.3) is 0 Å². The Morgan fingerprint density at radius 3 is 2.72 bits per heavy atom. The number of hydroxylamine groups is 2. The van der Waals surface area contributed by atoms with E-state index in [2.05, 4.69) is 5.32 Å². The van der Waals surface area contributed by atoms with Crippen molar-refractivity contribution < 1.29 is 9.63 Å². The van der Waals surface area contributed by atoms with E-state index in [1.54, 1.807) is 12.1 Å². The number of rotatable bonds is 5. The Morgan fingerprint density at radius 1 is 1.50 bits per heavy atom. The lowest BCUT2D eigenvalue weighted by molar-refractivity contribution is -0.126.